The maximum absolute atomic E-state index is 11.4. The third kappa shape index (κ3) is 3.46. The first-order chi connectivity index (χ1) is 7.45. The van der Waals surface area contributed by atoms with Gasteiger partial charge in [-0.1, -0.05) is 6.58 Å². The highest BCUT2D eigenvalue weighted by molar-refractivity contribution is 7.80. The Hall–Kier alpha value is -1.14. The summed E-state index contributed by atoms with van der Waals surface area (Å²) in [7, 11) is 0. The van der Waals surface area contributed by atoms with Crippen molar-refractivity contribution < 1.29 is 4.79 Å². The molecule has 0 radical (unpaired) electrons. The maximum atomic E-state index is 11.4. The van der Waals surface area contributed by atoms with Gasteiger partial charge in [0.2, 0.25) is 5.91 Å². The Morgan fingerprint density at radius 1 is 1.75 bits per heavy atom. The number of thiol groups is 1. The summed E-state index contributed by atoms with van der Waals surface area (Å²) in [5.41, 5.74) is 12.5. The Morgan fingerprint density at radius 2 is 2.31 bits per heavy atom. The molecular weight excluding hydrogens is 224 g/mol. The van der Waals surface area contributed by atoms with E-state index in [9.17, 15) is 4.79 Å². The van der Waals surface area contributed by atoms with Crippen LogP contribution in [0.15, 0.2) is 24.0 Å². The molecule has 1 amide bonds. The van der Waals surface area contributed by atoms with Crippen molar-refractivity contribution >= 4 is 18.5 Å². The Kier molecular flexibility index (Phi) is 4.26. The smallest absolute Gasteiger partial charge is 0.237 e. The van der Waals surface area contributed by atoms with E-state index in [-0.39, 0.29) is 18.0 Å². The van der Waals surface area contributed by atoms with Gasteiger partial charge in [0, 0.05) is 17.1 Å². The molecule has 0 fully saturated rings. The van der Waals surface area contributed by atoms with Crippen LogP contribution in [0.2, 0.25) is 0 Å². The SMILES string of the molecule is C=C(N[C@H]1C=C1N)[C@@H](CS)NC(=O)[C@H](C)N. The first-order valence-electron chi connectivity index (χ1n) is 5.05. The highest BCUT2D eigenvalue weighted by atomic mass is 32.1. The summed E-state index contributed by atoms with van der Waals surface area (Å²) >= 11 is 4.16. The molecule has 5 nitrogen and oxygen atoms in total. The van der Waals surface area contributed by atoms with Gasteiger partial charge in [-0.15, -0.1) is 0 Å². The minimum atomic E-state index is -0.542. The third-order valence-corrected chi connectivity index (χ3v) is 2.65. The summed E-state index contributed by atoms with van der Waals surface area (Å²) < 4.78 is 0. The maximum Gasteiger partial charge on any atom is 0.237 e. The lowest BCUT2D eigenvalue weighted by atomic mass is 10.2. The van der Waals surface area contributed by atoms with Gasteiger partial charge in [-0.3, -0.25) is 4.79 Å². The number of carbonyl (C=O) groups excluding carboxylic acids is 1. The molecule has 1 aliphatic rings. The molecule has 0 bridgehead atoms. The summed E-state index contributed by atoms with van der Waals surface area (Å²) in [5, 5.41) is 5.83. The van der Waals surface area contributed by atoms with E-state index in [4.69, 9.17) is 11.5 Å². The largest absolute Gasteiger partial charge is 0.400 e. The average Bonchev–Trinajstić information content (AvgIpc) is 2.89. The fourth-order valence-electron chi connectivity index (χ4n) is 1.12. The molecule has 0 spiro atoms. The number of rotatable bonds is 6. The van der Waals surface area contributed by atoms with E-state index in [1.165, 1.54) is 0 Å². The zero-order valence-corrected chi connectivity index (χ0v) is 10.1. The quantitative estimate of drug-likeness (QED) is 0.389. The minimum absolute atomic E-state index is 0.0714. The van der Waals surface area contributed by atoms with Crippen LogP contribution in [-0.2, 0) is 4.79 Å². The number of hydrogen-bond donors (Lipinski definition) is 5. The van der Waals surface area contributed by atoms with Gasteiger partial charge in [-0.2, -0.15) is 12.6 Å². The molecule has 0 unspecified atom stereocenters. The lowest BCUT2D eigenvalue weighted by molar-refractivity contribution is -0.122. The van der Waals surface area contributed by atoms with Gasteiger partial charge in [-0.05, 0) is 13.0 Å². The number of nitrogens with one attached hydrogen (secondary N) is 2. The number of nitrogens with two attached hydrogens (primary N) is 2. The van der Waals surface area contributed by atoms with E-state index >= 15 is 0 Å². The van der Waals surface area contributed by atoms with Crippen molar-refractivity contribution in [3.63, 3.8) is 0 Å². The second kappa shape index (κ2) is 5.27. The van der Waals surface area contributed by atoms with Crippen LogP contribution in [0.25, 0.3) is 0 Å². The summed E-state index contributed by atoms with van der Waals surface area (Å²) in [5.74, 6) is 0.232. The van der Waals surface area contributed by atoms with E-state index in [1.807, 2.05) is 6.08 Å². The third-order valence-electron chi connectivity index (χ3n) is 2.28. The van der Waals surface area contributed by atoms with Crippen molar-refractivity contribution in [2.45, 2.75) is 25.0 Å². The van der Waals surface area contributed by atoms with Crippen LogP contribution < -0.4 is 22.1 Å². The van der Waals surface area contributed by atoms with Crippen molar-refractivity contribution in [3.8, 4) is 0 Å². The van der Waals surface area contributed by atoms with Crippen molar-refractivity contribution in [3.05, 3.63) is 24.0 Å². The van der Waals surface area contributed by atoms with E-state index in [1.54, 1.807) is 6.92 Å². The number of carbonyl (C=O) groups is 1. The van der Waals surface area contributed by atoms with Gasteiger partial charge in [0.1, 0.15) is 0 Å². The molecule has 0 aromatic heterocycles. The Balaban J connectivity index is 2.40. The second-order valence-corrected chi connectivity index (χ2v) is 4.21. The molecule has 0 saturated carbocycles. The van der Waals surface area contributed by atoms with Gasteiger partial charge in [-0.25, -0.2) is 0 Å². The van der Waals surface area contributed by atoms with Crippen LogP contribution in [-0.4, -0.2) is 29.8 Å². The molecule has 6 N–H and O–H groups in total. The van der Waals surface area contributed by atoms with Crippen LogP contribution in [0.5, 0.6) is 0 Å². The average molecular weight is 242 g/mol. The summed E-state index contributed by atoms with van der Waals surface area (Å²) in [4.78, 5) is 11.4. The van der Waals surface area contributed by atoms with Crippen LogP contribution in [0.4, 0.5) is 0 Å². The van der Waals surface area contributed by atoms with E-state index in [0.29, 0.717) is 11.4 Å². The van der Waals surface area contributed by atoms with Crippen molar-refractivity contribution in [2.24, 2.45) is 11.5 Å². The molecular formula is C10H18N4OS. The molecule has 6 heteroatoms. The zero-order chi connectivity index (χ0) is 12.3. The summed E-state index contributed by atoms with van der Waals surface area (Å²) in [6.07, 6.45) is 1.87. The Labute approximate surface area is 101 Å². The molecule has 90 valence electrons. The topological polar surface area (TPSA) is 93.2 Å². The lowest BCUT2D eigenvalue weighted by Crippen LogP contribution is -2.47. The van der Waals surface area contributed by atoms with Gasteiger partial charge >= 0.3 is 0 Å². The highest BCUT2D eigenvalue weighted by Crippen LogP contribution is 2.15. The highest BCUT2D eigenvalue weighted by Gasteiger charge is 2.24. The van der Waals surface area contributed by atoms with Gasteiger partial charge in [0.15, 0.2) is 0 Å². The van der Waals surface area contributed by atoms with Crippen LogP contribution in [0.1, 0.15) is 6.92 Å². The predicted octanol–water partition coefficient (Wildman–Crippen LogP) is -0.924. The van der Waals surface area contributed by atoms with Gasteiger partial charge in [0.05, 0.1) is 18.1 Å². The van der Waals surface area contributed by atoms with Crippen LogP contribution in [0.3, 0.4) is 0 Å². The van der Waals surface area contributed by atoms with Crippen LogP contribution in [0, 0.1) is 0 Å². The van der Waals surface area contributed by atoms with E-state index in [0.717, 1.165) is 5.70 Å². The molecule has 1 aliphatic carbocycles. The first kappa shape index (κ1) is 12.9. The molecule has 16 heavy (non-hydrogen) atoms. The molecule has 1 rings (SSSR count). The Bertz CT molecular complexity index is 327. The first-order valence-corrected chi connectivity index (χ1v) is 5.68. The van der Waals surface area contributed by atoms with Crippen molar-refractivity contribution in [1.82, 2.24) is 10.6 Å². The molecule has 0 heterocycles. The monoisotopic (exact) mass is 242 g/mol. The fourth-order valence-corrected chi connectivity index (χ4v) is 1.43. The fraction of sp³-hybridized carbons (Fsp3) is 0.500. The van der Waals surface area contributed by atoms with Gasteiger partial charge < -0.3 is 22.1 Å². The lowest BCUT2D eigenvalue weighted by Gasteiger charge is -2.21. The van der Waals surface area contributed by atoms with Crippen molar-refractivity contribution in [1.29, 1.82) is 0 Å². The summed E-state index contributed by atoms with van der Waals surface area (Å²) in [6, 6.07) is -0.718. The Morgan fingerprint density at radius 3 is 2.69 bits per heavy atom. The van der Waals surface area contributed by atoms with Crippen molar-refractivity contribution in [2.75, 3.05) is 5.75 Å². The standard InChI is InChI=1S/C10H18N4OS/c1-5(11)10(15)14-9(4-16)6(2)13-8-3-7(8)12/h3,5,8-9,13,16H,2,4,11-12H2,1H3,(H,14,15)/t5-,8-,9+/m0/s1. The summed E-state index contributed by atoms with van der Waals surface area (Å²) in [6.45, 7) is 5.47. The van der Waals surface area contributed by atoms with Crippen LogP contribution >= 0.6 is 12.6 Å². The number of amides is 1. The van der Waals surface area contributed by atoms with E-state index < -0.39 is 6.04 Å². The molecule has 0 aromatic carbocycles. The zero-order valence-electron chi connectivity index (χ0n) is 9.23. The minimum Gasteiger partial charge on any atom is -0.400 e. The predicted molar refractivity (Wildman–Crippen MR) is 67.8 cm³/mol. The normalized spacial score (nSPS) is 21.7. The molecule has 0 aliphatic heterocycles. The van der Waals surface area contributed by atoms with Gasteiger partial charge in [0.25, 0.3) is 0 Å². The number of hydrogen-bond acceptors (Lipinski definition) is 5. The van der Waals surface area contributed by atoms with E-state index in [2.05, 4.69) is 29.8 Å². The molecule has 0 saturated heterocycles. The molecule has 3 atom stereocenters. The molecule has 0 aromatic rings. The second-order valence-electron chi connectivity index (χ2n) is 3.85.